The number of amides is 1. The lowest BCUT2D eigenvalue weighted by Gasteiger charge is -2.24. The molecule has 1 atom stereocenters. The van der Waals surface area contributed by atoms with E-state index in [0.29, 0.717) is 24.9 Å². The van der Waals surface area contributed by atoms with E-state index in [1.807, 2.05) is 54.6 Å². The molecule has 1 saturated heterocycles. The van der Waals surface area contributed by atoms with Crippen LogP contribution in [0, 0.1) is 0 Å². The van der Waals surface area contributed by atoms with Gasteiger partial charge in [-0.2, -0.15) is 0 Å². The molecular formula is C22H24N2O4. The molecule has 146 valence electrons. The number of nitrogens with zero attached hydrogens (tertiary/aromatic N) is 2. The third kappa shape index (κ3) is 4.57. The van der Waals surface area contributed by atoms with Crippen LogP contribution in [0.1, 0.15) is 29.6 Å². The lowest BCUT2D eigenvalue weighted by atomic mass is 10.0. The van der Waals surface area contributed by atoms with Crippen molar-refractivity contribution >= 4 is 17.6 Å². The van der Waals surface area contributed by atoms with Gasteiger partial charge in [0.05, 0.1) is 19.4 Å². The molecule has 0 radical (unpaired) electrons. The average molecular weight is 380 g/mol. The number of ether oxygens (including phenoxy) is 1. The van der Waals surface area contributed by atoms with Crippen molar-refractivity contribution in [2.75, 3.05) is 20.8 Å². The topological polar surface area (TPSA) is 68.2 Å². The maximum absolute atomic E-state index is 13.1. The minimum atomic E-state index is -0.281. The van der Waals surface area contributed by atoms with Crippen LogP contribution in [0.3, 0.4) is 0 Å². The number of benzene rings is 2. The molecule has 0 bridgehead atoms. The van der Waals surface area contributed by atoms with Gasteiger partial charge in [0.1, 0.15) is 7.11 Å². The van der Waals surface area contributed by atoms with Crippen LogP contribution in [-0.2, 0) is 14.4 Å². The predicted octanol–water partition coefficient (Wildman–Crippen LogP) is 3.52. The number of oxime groups is 1. The maximum Gasteiger partial charge on any atom is 0.305 e. The molecule has 0 saturated carbocycles. The molecule has 0 aromatic heterocycles. The highest BCUT2D eigenvalue weighted by molar-refractivity contribution is 6.00. The highest BCUT2D eigenvalue weighted by Gasteiger charge is 2.34. The summed E-state index contributed by atoms with van der Waals surface area (Å²) in [6, 6.07) is 17.5. The highest BCUT2D eigenvalue weighted by atomic mass is 16.6. The van der Waals surface area contributed by atoms with Crippen molar-refractivity contribution in [1.82, 2.24) is 4.90 Å². The fraction of sp³-hybridized carbons (Fsp3) is 0.318. The van der Waals surface area contributed by atoms with Gasteiger partial charge in [0.25, 0.3) is 5.91 Å². The van der Waals surface area contributed by atoms with Crippen LogP contribution in [0.5, 0.6) is 0 Å². The number of hydrogen-bond acceptors (Lipinski definition) is 5. The predicted molar refractivity (Wildman–Crippen MR) is 107 cm³/mol. The molecule has 3 rings (SSSR count). The quantitative estimate of drug-likeness (QED) is 0.568. The Morgan fingerprint density at radius 3 is 2.36 bits per heavy atom. The van der Waals surface area contributed by atoms with Gasteiger partial charge >= 0.3 is 5.97 Å². The summed E-state index contributed by atoms with van der Waals surface area (Å²) in [5.74, 6) is -0.354. The first-order valence-corrected chi connectivity index (χ1v) is 9.24. The van der Waals surface area contributed by atoms with Crippen LogP contribution < -0.4 is 0 Å². The van der Waals surface area contributed by atoms with Gasteiger partial charge in [-0.25, -0.2) is 0 Å². The van der Waals surface area contributed by atoms with E-state index >= 15 is 0 Å². The average Bonchev–Trinajstić information content (AvgIpc) is 3.15. The van der Waals surface area contributed by atoms with E-state index in [0.717, 1.165) is 16.8 Å². The summed E-state index contributed by atoms with van der Waals surface area (Å²) in [5, 5.41) is 4.01. The molecule has 2 aromatic carbocycles. The molecule has 1 amide bonds. The number of carbonyl (C=O) groups is 2. The van der Waals surface area contributed by atoms with Crippen LogP contribution in [0.2, 0.25) is 0 Å². The molecule has 0 spiro atoms. The molecule has 6 heteroatoms. The SMILES string of the molecule is CON=C1CC(CCC(=O)OC)N(C(=O)c2ccc(-c3ccccc3)cc2)C1. The standard InChI is InChI=1S/C22H24N2O4/c1-27-21(25)13-12-20-14-19(23-28-2)15-24(20)22(26)18-10-8-17(9-11-18)16-6-4-3-5-7-16/h3-11,20H,12-15H2,1-2H3. The summed E-state index contributed by atoms with van der Waals surface area (Å²) in [5.41, 5.74) is 3.57. The smallest absolute Gasteiger partial charge is 0.305 e. The van der Waals surface area contributed by atoms with E-state index in [4.69, 9.17) is 9.57 Å². The van der Waals surface area contributed by atoms with Gasteiger partial charge in [0, 0.05) is 24.4 Å². The zero-order chi connectivity index (χ0) is 19.9. The van der Waals surface area contributed by atoms with Crippen molar-refractivity contribution in [3.05, 3.63) is 60.2 Å². The number of hydrogen-bond donors (Lipinski definition) is 0. The number of likely N-dealkylation sites (tertiary alicyclic amines) is 1. The Morgan fingerprint density at radius 2 is 1.71 bits per heavy atom. The van der Waals surface area contributed by atoms with E-state index in [-0.39, 0.29) is 24.3 Å². The van der Waals surface area contributed by atoms with E-state index in [2.05, 4.69) is 5.16 Å². The Balaban J connectivity index is 1.76. The Kier molecular flexibility index (Phi) is 6.42. The summed E-state index contributed by atoms with van der Waals surface area (Å²) < 4.78 is 4.72. The second-order valence-corrected chi connectivity index (χ2v) is 6.69. The summed E-state index contributed by atoms with van der Waals surface area (Å²) in [4.78, 5) is 31.2. The van der Waals surface area contributed by atoms with Crippen molar-refractivity contribution in [1.29, 1.82) is 0 Å². The summed E-state index contributed by atoms with van der Waals surface area (Å²) in [7, 11) is 2.86. The molecule has 1 aliphatic heterocycles. The summed E-state index contributed by atoms with van der Waals surface area (Å²) in [6.45, 7) is 0.402. The second-order valence-electron chi connectivity index (χ2n) is 6.69. The van der Waals surface area contributed by atoms with Gasteiger partial charge < -0.3 is 14.5 Å². The number of rotatable bonds is 6. The van der Waals surface area contributed by atoms with Gasteiger partial charge in [-0.1, -0.05) is 47.6 Å². The van der Waals surface area contributed by atoms with E-state index in [9.17, 15) is 9.59 Å². The first-order chi connectivity index (χ1) is 13.6. The van der Waals surface area contributed by atoms with Gasteiger partial charge in [-0.05, 0) is 29.7 Å². The third-order valence-electron chi connectivity index (χ3n) is 4.89. The lowest BCUT2D eigenvalue weighted by Crippen LogP contribution is -2.36. The van der Waals surface area contributed by atoms with Gasteiger partial charge in [0.15, 0.2) is 0 Å². The zero-order valence-electron chi connectivity index (χ0n) is 16.1. The first-order valence-electron chi connectivity index (χ1n) is 9.24. The Labute approximate surface area is 164 Å². The van der Waals surface area contributed by atoms with Crippen molar-refractivity contribution < 1.29 is 19.2 Å². The minimum absolute atomic E-state index is 0.0734. The molecule has 2 aromatic rings. The van der Waals surface area contributed by atoms with Crippen LogP contribution in [-0.4, -0.2) is 49.3 Å². The van der Waals surface area contributed by atoms with Crippen LogP contribution >= 0.6 is 0 Å². The van der Waals surface area contributed by atoms with Crippen LogP contribution in [0.4, 0.5) is 0 Å². The van der Waals surface area contributed by atoms with Crippen LogP contribution in [0.15, 0.2) is 59.8 Å². The molecule has 0 aliphatic carbocycles. The molecule has 6 nitrogen and oxygen atoms in total. The third-order valence-corrected chi connectivity index (χ3v) is 4.89. The number of methoxy groups -OCH3 is 1. The monoisotopic (exact) mass is 380 g/mol. The Hall–Kier alpha value is -3.15. The molecule has 0 N–H and O–H groups in total. The molecule has 1 fully saturated rings. The minimum Gasteiger partial charge on any atom is -0.469 e. The maximum atomic E-state index is 13.1. The fourth-order valence-electron chi connectivity index (χ4n) is 3.45. The Morgan fingerprint density at radius 1 is 1.04 bits per heavy atom. The second kappa shape index (κ2) is 9.17. The van der Waals surface area contributed by atoms with Crippen molar-refractivity contribution in [3.63, 3.8) is 0 Å². The van der Waals surface area contributed by atoms with Crippen molar-refractivity contribution in [2.45, 2.75) is 25.3 Å². The normalized spacial score (nSPS) is 17.6. The van der Waals surface area contributed by atoms with Gasteiger partial charge in [-0.3, -0.25) is 9.59 Å². The molecule has 28 heavy (non-hydrogen) atoms. The fourth-order valence-corrected chi connectivity index (χ4v) is 3.45. The highest BCUT2D eigenvalue weighted by Crippen LogP contribution is 2.25. The summed E-state index contributed by atoms with van der Waals surface area (Å²) in [6.07, 6.45) is 1.39. The van der Waals surface area contributed by atoms with Gasteiger partial charge in [0.2, 0.25) is 0 Å². The first kappa shape index (κ1) is 19.6. The van der Waals surface area contributed by atoms with E-state index in [1.54, 1.807) is 4.90 Å². The number of carbonyl (C=O) groups excluding carboxylic acids is 2. The summed E-state index contributed by atoms with van der Waals surface area (Å²) >= 11 is 0. The largest absolute Gasteiger partial charge is 0.469 e. The van der Waals surface area contributed by atoms with E-state index in [1.165, 1.54) is 14.2 Å². The molecule has 1 aliphatic rings. The molecular weight excluding hydrogens is 356 g/mol. The Bertz CT molecular complexity index is 847. The number of esters is 1. The van der Waals surface area contributed by atoms with Crippen molar-refractivity contribution in [2.24, 2.45) is 5.16 Å². The molecule has 1 unspecified atom stereocenters. The van der Waals surface area contributed by atoms with Crippen LogP contribution in [0.25, 0.3) is 11.1 Å². The van der Waals surface area contributed by atoms with E-state index < -0.39 is 0 Å². The van der Waals surface area contributed by atoms with Crippen molar-refractivity contribution in [3.8, 4) is 11.1 Å². The molecule has 1 heterocycles. The lowest BCUT2D eigenvalue weighted by molar-refractivity contribution is -0.140. The van der Waals surface area contributed by atoms with Gasteiger partial charge in [-0.15, -0.1) is 0 Å². The zero-order valence-corrected chi connectivity index (χ0v) is 16.1.